The van der Waals surface area contributed by atoms with Crippen LogP contribution in [0.15, 0.2) is 18.2 Å². The molecule has 0 aromatic heterocycles. The van der Waals surface area contributed by atoms with Crippen LogP contribution in [-0.4, -0.2) is 35.2 Å². The lowest BCUT2D eigenvalue weighted by atomic mass is 10.00. The van der Waals surface area contributed by atoms with Crippen molar-refractivity contribution < 1.29 is 9.50 Å². The number of rotatable bonds is 3. The van der Waals surface area contributed by atoms with Crippen molar-refractivity contribution in [2.45, 2.75) is 38.3 Å². The highest BCUT2D eigenvalue weighted by molar-refractivity contribution is 6.30. The summed E-state index contributed by atoms with van der Waals surface area (Å²) in [5.74, 6) is -0.229. The van der Waals surface area contributed by atoms with Gasteiger partial charge >= 0.3 is 0 Å². The fourth-order valence-corrected chi connectivity index (χ4v) is 2.68. The van der Waals surface area contributed by atoms with Gasteiger partial charge in [0, 0.05) is 24.2 Å². The second kappa shape index (κ2) is 6.00. The van der Waals surface area contributed by atoms with E-state index in [1.165, 1.54) is 6.07 Å². The molecule has 0 amide bonds. The van der Waals surface area contributed by atoms with E-state index >= 15 is 0 Å². The number of aliphatic hydroxyl groups excluding tert-OH is 1. The first-order valence-corrected chi connectivity index (χ1v) is 6.80. The molecular weight excluding hydrogens is 253 g/mol. The average Bonchev–Trinajstić information content (AvgIpc) is 2.30. The maximum Gasteiger partial charge on any atom is 0.127 e. The van der Waals surface area contributed by atoms with E-state index in [0.29, 0.717) is 23.0 Å². The van der Waals surface area contributed by atoms with Crippen molar-refractivity contribution in [3.8, 4) is 0 Å². The summed E-state index contributed by atoms with van der Waals surface area (Å²) in [6, 6.07) is 5.20. The number of aliphatic hydroxyl groups is 1. The van der Waals surface area contributed by atoms with Gasteiger partial charge in [-0.3, -0.25) is 0 Å². The largest absolute Gasteiger partial charge is 0.393 e. The van der Waals surface area contributed by atoms with E-state index < -0.39 is 0 Å². The molecule has 1 heterocycles. The third-order valence-electron chi connectivity index (χ3n) is 3.67. The molecule has 100 valence electrons. The SMILES string of the molecule is CC1CC(O)CCN1CCc1ccc(Cl)cc1F. The monoisotopic (exact) mass is 271 g/mol. The summed E-state index contributed by atoms with van der Waals surface area (Å²) in [5.41, 5.74) is 0.706. The van der Waals surface area contributed by atoms with Gasteiger partial charge in [-0.25, -0.2) is 4.39 Å². The fourth-order valence-electron chi connectivity index (χ4n) is 2.52. The van der Waals surface area contributed by atoms with Crippen LogP contribution < -0.4 is 0 Å². The molecule has 18 heavy (non-hydrogen) atoms. The standard InChI is InChI=1S/C14H19ClFNO/c1-10-8-13(18)5-7-17(10)6-4-11-2-3-12(15)9-14(11)16/h2-3,9-10,13,18H,4-8H2,1H3. The minimum atomic E-state index is -0.229. The van der Waals surface area contributed by atoms with Crippen LogP contribution in [0.3, 0.4) is 0 Å². The number of likely N-dealkylation sites (tertiary alicyclic amines) is 1. The number of hydrogen-bond donors (Lipinski definition) is 1. The summed E-state index contributed by atoms with van der Waals surface area (Å²) in [6.07, 6.45) is 2.13. The molecule has 1 aliphatic heterocycles. The minimum absolute atomic E-state index is 0.177. The molecule has 0 bridgehead atoms. The highest BCUT2D eigenvalue weighted by Crippen LogP contribution is 2.19. The van der Waals surface area contributed by atoms with Gasteiger partial charge < -0.3 is 10.0 Å². The predicted octanol–water partition coefficient (Wildman–Crippen LogP) is 2.87. The Labute approximate surface area is 112 Å². The van der Waals surface area contributed by atoms with E-state index in [0.717, 1.165) is 25.9 Å². The molecule has 0 aliphatic carbocycles. The first-order chi connectivity index (χ1) is 8.56. The van der Waals surface area contributed by atoms with Crippen LogP contribution in [0.5, 0.6) is 0 Å². The van der Waals surface area contributed by atoms with Crippen LogP contribution in [0.25, 0.3) is 0 Å². The summed E-state index contributed by atoms with van der Waals surface area (Å²) in [6.45, 7) is 3.82. The van der Waals surface area contributed by atoms with Crippen LogP contribution in [0.1, 0.15) is 25.3 Å². The Morgan fingerprint density at radius 1 is 1.50 bits per heavy atom. The van der Waals surface area contributed by atoms with Crippen LogP contribution in [0, 0.1) is 5.82 Å². The molecule has 1 N–H and O–H groups in total. The molecule has 2 nitrogen and oxygen atoms in total. The van der Waals surface area contributed by atoms with Crippen molar-refractivity contribution in [2.75, 3.05) is 13.1 Å². The molecular formula is C14H19ClFNO. The highest BCUT2D eigenvalue weighted by Gasteiger charge is 2.23. The van der Waals surface area contributed by atoms with Gasteiger partial charge in [0.25, 0.3) is 0 Å². The summed E-state index contributed by atoms with van der Waals surface area (Å²) in [4.78, 5) is 2.31. The van der Waals surface area contributed by atoms with Gasteiger partial charge in [0.1, 0.15) is 5.82 Å². The average molecular weight is 272 g/mol. The van der Waals surface area contributed by atoms with Crippen molar-refractivity contribution in [1.82, 2.24) is 4.90 Å². The minimum Gasteiger partial charge on any atom is -0.393 e. The molecule has 1 aliphatic rings. The third kappa shape index (κ3) is 3.44. The van der Waals surface area contributed by atoms with Crippen molar-refractivity contribution in [1.29, 1.82) is 0 Å². The van der Waals surface area contributed by atoms with E-state index in [1.54, 1.807) is 12.1 Å². The zero-order valence-electron chi connectivity index (χ0n) is 10.6. The van der Waals surface area contributed by atoms with E-state index in [2.05, 4.69) is 11.8 Å². The number of benzene rings is 1. The molecule has 0 spiro atoms. The van der Waals surface area contributed by atoms with E-state index in [1.807, 2.05) is 0 Å². The summed E-state index contributed by atoms with van der Waals surface area (Å²) >= 11 is 5.73. The Morgan fingerprint density at radius 3 is 2.94 bits per heavy atom. The topological polar surface area (TPSA) is 23.5 Å². The second-order valence-electron chi connectivity index (χ2n) is 5.05. The zero-order chi connectivity index (χ0) is 13.1. The van der Waals surface area contributed by atoms with Crippen molar-refractivity contribution in [3.05, 3.63) is 34.6 Å². The predicted molar refractivity (Wildman–Crippen MR) is 71.4 cm³/mol. The van der Waals surface area contributed by atoms with Crippen molar-refractivity contribution in [3.63, 3.8) is 0 Å². The Bertz CT molecular complexity index is 413. The lowest BCUT2D eigenvalue weighted by molar-refractivity contribution is 0.0489. The van der Waals surface area contributed by atoms with Crippen molar-refractivity contribution >= 4 is 11.6 Å². The maximum absolute atomic E-state index is 13.6. The normalized spacial score (nSPS) is 25.3. The molecule has 1 aromatic rings. The lowest BCUT2D eigenvalue weighted by Gasteiger charge is -2.35. The first-order valence-electron chi connectivity index (χ1n) is 6.42. The van der Waals surface area contributed by atoms with Gasteiger partial charge in [0.15, 0.2) is 0 Å². The van der Waals surface area contributed by atoms with Crippen LogP contribution in [0.2, 0.25) is 5.02 Å². The number of halogens is 2. The molecule has 1 fully saturated rings. The number of hydrogen-bond acceptors (Lipinski definition) is 2. The molecule has 2 rings (SSSR count). The fraction of sp³-hybridized carbons (Fsp3) is 0.571. The molecule has 1 aromatic carbocycles. The Balaban J connectivity index is 1.91. The first kappa shape index (κ1) is 13.8. The van der Waals surface area contributed by atoms with Gasteiger partial charge in [-0.15, -0.1) is 0 Å². The Kier molecular flexibility index (Phi) is 4.60. The van der Waals surface area contributed by atoms with E-state index in [-0.39, 0.29) is 11.9 Å². The molecule has 4 heteroatoms. The van der Waals surface area contributed by atoms with E-state index in [4.69, 9.17) is 11.6 Å². The van der Waals surface area contributed by atoms with Crippen molar-refractivity contribution in [2.24, 2.45) is 0 Å². The van der Waals surface area contributed by atoms with Crippen LogP contribution in [-0.2, 0) is 6.42 Å². The smallest absolute Gasteiger partial charge is 0.127 e. The van der Waals surface area contributed by atoms with Gasteiger partial charge in [-0.1, -0.05) is 17.7 Å². The van der Waals surface area contributed by atoms with Gasteiger partial charge in [-0.05, 0) is 43.9 Å². The second-order valence-corrected chi connectivity index (χ2v) is 5.49. The summed E-state index contributed by atoms with van der Waals surface area (Å²) in [7, 11) is 0. The molecule has 0 radical (unpaired) electrons. The third-order valence-corrected chi connectivity index (χ3v) is 3.90. The number of piperidine rings is 1. The highest BCUT2D eigenvalue weighted by atomic mass is 35.5. The number of nitrogens with zero attached hydrogens (tertiary/aromatic N) is 1. The van der Waals surface area contributed by atoms with Gasteiger partial charge in [0.05, 0.1) is 6.10 Å². The molecule has 2 unspecified atom stereocenters. The maximum atomic E-state index is 13.6. The molecule has 1 saturated heterocycles. The quantitative estimate of drug-likeness (QED) is 0.914. The Hall–Kier alpha value is -0.640. The lowest BCUT2D eigenvalue weighted by Crippen LogP contribution is -2.43. The molecule has 0 saturated carbocycles. The van der Waals surface area contributed by atoms with Crippen LogP contribution >= 0.6 is 11.6 Å². The summed E-state index contributed by atoms with van der Waals surface area (Å²) in [5, 5.41) is 9.99. The van der Waals surface area contributed by atoms with Gasteiger partial charge in [0.2, 0.25) is 0 Å². The summed E-state index contributed by atoms with van der Waals surface area (Å²) < 4.78 is 13.6. The van der Waals surface area contributed by atoms with Crippen LogP contribution in [0.4, 0.5) is 4.39 Å². The van der Waals surface area contributed by atoms with E-state index in [9.17, 15) is 9.50 Å². The molecule has 2 atom stereocenters. The Morgan fingerprint density at radius 2 is 2.28 bits per heavy atom. The van der Waals surface area contributed by atoms with Gasteiger partial charge in [-0.2, -0.15) is 0 Å². The zero-order valence-corrected chi connectivity index (χ0v) is 11.3.